The molecule has 0 radical (unpaired) electrons. The fourth-order valence-electron chi connectivity index (χ4n) is 1.59. The molecule has 0 saturated carbocycles. The maximum atomic E-state index is 11.7. The smallest absolute Gasteiger partial charge is 0.338 e. The van der Waals surface area contributed by atoms with E-state index in [2.05, 4.69) is 0 Å². The van der Waals surface area contributed by atoms with Gasteiger partial charge in [-0.15, -0.1) is 0 Å². The van der Waals surface area contributed by atoms with Crippen molar-refractivity contribution >= 4 is 11.8 Å². The summed E-state index contributed by atoms with van der Waals surface area (Å²) in [6.45, 7) is 2.87. The van der Waals surface area contributed by atoms with E-state index in [1.165, 1.54) is 0 Å². The number of benzene rings is 1. The summed E-state index contributed by atoms with van der Waals surface area (Å²) in [6, 6.07) is 6.57. The normalized spacial score (nSPS) is 9.52. The maximum absolute atomic E-state index is 11.7. The Kier molecular flexibility index (Phi) is 11.1. The van der Waals surface area contributed by atoms with Gasteiger partial charge >= 0.3 is 5.97 Å². The summed E-state index contributed by atoms with van der Waals surface area (Å²) >= 11 is 0. The zero-order valence-corrected chi connectivity index (χ0v) is 12.9. The Hall–Kier alpha value is -1.72. The lowest BCUT2D eigenvalue weighted by Crippen LogP contribution is -2.07. The SMILES string of the molecule is CCC(=O)c1ccc(C(=O)OCCCCOC)cc1.CO. The van der Waals surface area contributed by atoms with Crippen molar-refractivity contribution < 1.29 is 24.2 Å². The van der Waals surface area contributed by atoms with Gasteiger partial charge in [0.2, 0.25) is 0 Å². The minimum Gasteiger partial charge on any atom is -0.462 e. The first-order valence-electron chi connectivity index (χ1n) is 6.93. The van der Waals surface area contributed by atoms with E-state index >= 15 is 0 Å². The number of unbranched alkanes of at least 4 members (excludes halogenated alkanes) is 1. The second kappa shape index (κ2) is 12.1. The summed E-state index contributed by atoms with van der Waals surface area (Å²) in [5, 5.41) is 7.00. The van der Waals surface area contributed by atoms with E-state index in [1.54, 1.807) is 31.4 Å². The molecule has 118 valence electrons. The van der Waals surface area contributed by atoms with E-state index in [0.717, 1.165) is 20.0 Å². The number of ketones is 1. The van der Waals surface area contributed by atoms with Crippen LogP contribution in [0.5, 0.6) is 0 Å². The van der Waals surface area contributed by atoms with Crippen LogP contribution in [-0.4, -0.2) is 44.3 Å². The van der Waals surface area contributed by atoms with Crippen molar-refractivity contribution in [3.05, 3.63) is 35.4 Å². The molecule has 0 aliphatic rings. The highest BCUT2D eigenvalue weighted by Gasteiger charge is 2.08. The Morgan fingerprint density at radius 1 is 1.00 bits per heavy atom. The first-order valence-corrected chi connectivity index (χ1v) is 6.93. The molecule has 0 heterocycles. The van der Waals surface area contributed by atoms with Gasteiger partial charge in [-0.3, -0.25) is 4.79 Å². The summed E-state index contributed by atoms with van der Waals surface area (Å²) in [6.07, 6.45) is 2.11. The maximum Gasteiger partial charge on any atom is 0.338 e. The van der Waals surface area contributed by atoms with Crippen LogP contribution in [0.4, 0.5) is 0 Å². The Morgan fingerprint density at radius 2 is 1.52 bits per heavy atom. The predicted molar refractivity (Wildman–Crippen MR) is 80.6 cm³/mol. The molecule has 0 aromatic heterocycles. The van der Waals surface area contributed by atoms with Gasteiger partial charge < -0.3 is 14.6 Å². The van der Waals surface area contributed by atoms with Gasteiger partial charge in [-0.1, -0.05) is 19.1 Å². The molecule has 0 amide bonds. The molecular formula is C16H24O5. The lowest BCUT2D eigenvalue weighted by molar-refractivity contribution is 0.0489. The quantitative estimate of drug-likeness (QED) is 0.453. The van der Waals surface area contributed by atoms with E-state index in [0.29, 0.717) is 30.8 Å². The average Bonchev–Trinajstić information content (AvgIpc) is 2.55. The molecule has 0 saturated heterocycles. The summed E-state index contributed by atoms with van der Waals surface area (Å²) in [4.78, 5) is 23.1. The summed E-state index contributed by atoms with van der Waals surface area (Å²) < 4.78 is 10.0. The minimum absolute atomic E-state index is 0.0690. The fraction of sp³-hybridized carbons (Fsp3) is 0.500. The number of aliphatic hydroxyl groups is 1. The molecule has 1 N–H and O–H groups in total. The third-order valence-corrected chi connectivity index (χ3v) is 2.74. The van der Waals surface area contributed by atoms with Crippen LogP contribution in [0.15, 0.2) is 24.3 Å². The molecule has 21 heavy (non-hydrogen) atoms. The lowest BCUT2D eigenvalue weighted by Gasteiger charge is -2.05. The van der Waals surface area contributed by atoms with Gasteiger partial charge in [0.25, 0.3) is 0 Å². The highest BCUT2D eigenvalue weighted by atomic mass is 16.5. The number of methoxy groups -OCH3 is 1. The van der Waals surface area contributed by atoms with Crippen molar-refractivity contribution in [3.8, 4) is 0 Å². The van der Waals surface area contributed by atoms with Crippen LogP contribution in [0.25, 0.3) is 0 Å². The third kappa shape index (κ3) is 7.58. The van der Waals surface area contributed by atoms with E-state index in [9.17, 15) is 9.59 Å². The van der Waals surface area contributed by atoms with E-state index in [-0.39, 0.29) is 11.8 Å². The summed E-state index contributed by atoms with van der Waals surface area (Å²) in [5.41, 5.74) is 1.10. The number of Topliss-reactive ketones (excluding diaryl/α,β-unsaturated/α-hetero) is 1. The average molecular weight is 296 g/mol. The van der Waals surface area contributed by atoms with Crippen molar-refractivity contribution in [1.82, 2.24) is 0 Å². The van der Waals surface area contributed by atoms with Crippen LogP contribution in [0.2, 0.25) is 0 Å². The van der Waals surface area contributed by atoms with Gasteiger partial charge in [0.1, 0.15) is 0 Å². The van der Waals surface area contributed by atoms with Gasteiger partial charge in [0.05, 0.1) is 12.2 Å². The van der Waals surface area contributed by atoms with Crippen LogP contribution in [-0.2, 0) is 9.47 Å². The first kappa shape index (κ1) is 19.3. The number of aliphatic hydroxyl groups excluding tert-OH is 1. The van der Waals surface area contributed by atoms with Crippen molar-refractivity contribution in [2.45, 2.75) is 26.2 Å². The lowest BCUT2D eigenvalue weighted by atomic mass is 10.1. The summed E-state index contributed by atoms with van der Waals surface area (Å²) in [7, 11) is 2.64. The number of hydrogen-bond acceptors (Lipinski definition) is 5. The number of ether oxygens (including phenoxy) is 2. The van der Waals surface area contributed by atoms with E-state index < -0.39 is 0 Å². The number of hydrogen-bond donors (Lipinski definition) is 1. The molecule has 1 aromatic carbocycles. The Labute approximate surface area is 125 Å². The molecule has 0 spiro atoms. The number of rotatable bonds is 8. The van der Waals surface area contributed by atoms with Crippen LogP contribution in [0.3, 0.4) is 0 Å². The van der Waals surface area contributed by atoms with Crippen LogP contribution < -0.4 is 0 Å². The van der Waals surface area contributed by atoms with Gasteiger partial charge in [-0.2, -0.15) is 0 Å². The highest BCUT2D eigenvalue weighted by Crippen LogP contribution is 2.08. The second-order valence-corrected chi connectivity index (χ2v) is 4.19. The highest BCUT2D eigenvalue weighted by molar-refractivity contribution is 5.97. The molecule has 5 heteroatoms. The molecule has 0 aliphatic carbocycles. The molecule has 0 unspecified atom stereocenters. The van der Waals surface area contributed by atoms with Gasteiger partial charge in [-0.25, -0.2) is 4.79 Å². The standard InChI is InChI=1S/C15H20O4.CH4O/c1-3-14(16)12-6-8-13(9-7-12)15(17)19-11-5-4-10-18-2;1-2/h6-9H,3-5,10-11H2,1-2H3;2H,1H3. The fourth-order valence-corrected chi connectivity index (χ4v) is 1.59. The van der Waals surface area contributed by atoms with Crippen molar-refractivity contribution in [3.63, 3.8) is 0 Å². The predicted octanol–water partition coefficient (Wildman–Crippen LogP) is 2.47. The molecular weight excluding hydrogens is 272 g/mol. The van der Waals surface area contributed by atoms with Crippen molar-refractivity contribution in [2.24, 2.45) is 0 Å². The Morgan fingerprint density at radius 3 is 2.05 bits per heavy atom. The Balaban J connectivity index is 0.00000191. The monoisotopic (exact) mass is 296 g/mol. The van der Waals surface area contributed by atoms with E-state index in [4.69, 9.17) is 14.6 Å². The second-order valence-electron chi connectivity index (χ2n) is 4.19. The largest absolute Gasteiger partial charge is 0.462 e. The van der Waals surface area contributed by atoms with Gasteiger partial charge in [-0.05, 0) is 25.0 Å². The molecule has 1 aromatic rings. The zero-order chi connectivity index (χ0) is 16.1. The first-order chi connectivity index (χ1) is 10.2. The zero-order valence-electron chi connectivity index (χ0n) is 12.9. The van der Waals surface area contributed by atoms with Crippen LogP contribution >= 0.6 is 0 Å². The molecule has 0 aliphatic heterocycles. The topological polar surface area (TPSA) is 72.8 Å². The molecule has 0 atom stereocenters. The minimum atomic E-state index is -0.354. The summed E-state index contributed by atoms with van der Waals surface area (Å²) in [5.74, 6) is -0.285. The van der Waals surface area contributed by atoms with Gasteiger partial charge in [0, 0.05) is 32.8 Å². The Bertz CT molecular complexity index is 411. The molecule has 0 bridgehead atoms. The molecule has 1 rings (SSSR count). The number of carbonyl (C=O) groups excluding carboxylic acids is 2. The van der Waals surface area contributed by atoms with Gasteiger partial charge in [0.15, 0.2) is 5.78 Å². The number of carbonyl (C=O) groups is 2. The van der Waals surface area contributed by atoms with Crippen molar-refractivity contribution in [1.29, 1.82) is 0 Å². The van der Waals surface area contributed by atoms with Crippen LogP contribution in [0, 0.1) is 0 Å². The van der Waals surface area contributed by atoms with Crippen LogP contribution in [0.1, 0.15) is 46.9 Å². The van der Waals surface area contributed by atoms with E-state index in [1.807, 2.05) is 6.92 Å². The molecule has 0 fully saturated rings. The molecule has 5 nitrogen and oxygen atoms in total. The number of esters is 1. The van der Waals surface area contributed by atoms with Crippen molar-refractivity contribution in [2.75, 3.05) is 27.4 Å². The third-order valence-electron chi connectivity index (χ3n) is 2.74.